The number of rotatable bonds is 4. The van der Waals surface area contributed by atoms with Crippen LogP contribution in [0.3, 0.4) is 0 Å². The molecular weight excluding hydrogens is 230 g/mol. The third kappa shape index (κ3) is 2.11. The molecule has 2 aromatic rings. The molecule has 19 heavy (non-hydrogen) atoms. The summed E-state index contributed by atoms with van der Waals surface area (Å²) in [5.41, 5.74) is 5.91. The highest BCUT2D eigenvalue weighted by molar-refractivity contribution is 5.67. The van der Waals surface area contributed by atoms with Crippen LogP contribution < -0.4 is 0 Å². The first kappa shape index (κ1) is 12.5. The van der Waals surface area contributed by atoms with Gasteiger partial charge in [0.2, 0.25) is 0 Å². The normalized spacial score (nSPS) is 17.1. The van der Waals surface area contributed by atoms with Gasteiger partial charge in [-0.1, -0.05) is 44.5 Å². The highest BCUT2D eigenvalue weighted by Crippen LogP contribution is 2.38. The first-order valence-corrected chi connectivity index (χ1v) is 7.63. The molecule has 0 spiro atoms. The van der Waals surface area contributed by atoms with Crippen molar-refractivity contribution in [1.29, 1.82) is 0 Å². The van der Waals surface area contributed by atoms with E-state index < -0.39 is 0 Å². The molecule has 1 unspecified atom stereocenters. The van der Waals surface area contributed by atoms with Crippen molar-refractivity contribution in [2.45, 2.75) is 52.0 Å². The zero-order valence-corrected chi connectivity index (χ0v) is 12.0. The lowest BCUT2D eigenvalue weighted by molar-refractivity contribution is 0.462. The fourth-order valence-corrected chi connectivity index (χ4v) is 3.32. The van der Waals surface area contributed by atoms with Crippen LogP contribution in [-0.4, -0.2) is 4.57 Å². The smallest absolute Gasteiger partial charge is 0.0488 e. The van der Waals surface area contributed by atoms with Gasteiger partial charge in [-0.15, -0.1) is 0 Å². The van der Waals surface area contributed by atoms with Crippen molar-refractivity contribution in [2.24, 2.45) is 0 Å². The van der Waals surface area contributed by atoms with E-state index in [0.29, 0.717) is 6.04 Å². The van der Waals surface area contributed by atoms with Crippen molar-refractivity contribution >= 4 is 0 Å². The van der Waals surface area contributed by atoms with Crippen LogP contribution in [0, 0.1) is 0 Å². The van der Waals surface area contributed by atoms with Gasteiger partial charge in [0, 0.05) is 23.0 Å². The minimum atomic E-state index is 0.645. The van der Waals surface area contributed by atoms with Crippen molar-refractivity contribution in [3.8, 4) is 11.3 Å². The molecule has 0 saturated carbocycles. The van der Waals surface area contributed by atoms with E-state index in [1.54, 1.807) is 0 Å². The van der Waals surface area contributed by atoms with Crippen LogP contribution in [0.1, 0.15) is 50.4 Å². The van der Waals surface area contributed by atoms with Gasteiger partial charge >= 0.3 is 0 Å². The van der Waals surface area contributed by atoms with Crippen molar-refractivity contribution in [3.05, 3.63) is 47.7 Å². The summed E-state index contributed by atoms with van der Waals surface area (Å²) in [6.07, 6.45) is 6.19. The Labute approximate surface area is 116 Å². The molecule has 0 saturated heterocycles. The van der Waals surface area contributed by atoms with E-state index >= 15 is 0 Å². The van der Waals surface area contributed by atoms with Crippen molar-refractivity contribution in [2.75, 3.05) is 0 Å². The highest BCUT2D eigenvalue weighted by atomic mass is 15.0. The molecule has 1 aromatic carbocycles. The maximum atomic E-state index is 2.61. The number of hydrogen-bond acceptors (Lipinski definition) is 0. The standard InChI is InChI=1S/C18H23N/c1-3-5-9-16-11-12-18-17-10-7-6-8-14(17)13-15(4-2)19(16)18/h6-8,10-12,15H,3-5,9,13H2,1-2H3. The van der Waals surface area contributed by atoms with E-state index in [1.165, 1.54) is 54.6 Å². The maximum Gasteiger partial charge on any atom is 0.0488 e. The second-order valence-electron chi connectivity index (χ2n) is 5.61. The minimum absolute atomic E-state index is 0.645. The number of aryl methyl sites for hydroxylation is 1. The van der Waals surface area contributed by atoms with Gasteiger partial charge in [0.15, 0.2) is 0 Å². The van der Waals surface area contributed by atoms with Crippen LogP contribution in [0.5, 0.6) is 0 Å². The van der Waals surface area contributed by atoms with Crippen molar-refractivity contribution < 1.29 is 0 Å². The van der Waals surface area contributed by atoms with Gasteiger partial charge in [-0.2, -0.15) is 0 Å². The first-order valence-electron chi connectivity index (χ1n) is 7.63. The Morgan fingerprint density at radius 2 is 1.95 bits per heavy atom. The number of aromatic nitrogens is 1. The SMILES string of the molecule is CCCCc1ccc2n1C(CC)Cc1ccccc1-2. The molecule has 2 heterocycles. The average molecular weight is 253 g/mol. The lowest BCUT2D eigenvalue weighted by atomic mass is 9.92. The number of hydrogen-bond donors (Lipinski definition) is 0. The van der Waals surface area contributed by atoms with Gasteiger partial charge in [0.1, 0.15) is 0 Å². The maximum absolute atomic E-state index is 2.61. The molecule has 0 amide bonds. The number of unbranched alkanes of at least 4 members (excludes halogenated alkanes) is 1. The highest BCUT2D eigenvalue weighted by Gasteiger charge is 2.24. The van der Waals surface area contributed by atoms with Crippen LogP contribution in [0.25, 0.3) is 11.3 Å². The molecule has 0 radical (unpaired) electrons. The monoisotopic (exact) mass is 253 g/mol. The molecule has 0 bridgehead atoms. The number of fused-ring (bicyclic) bond motifs is 3. The molecule has 100 valence electrons. The van der Waals surface area contributed by atoms with Gasteiger partial charge in [-0.05, 0) is 43.4 Å². The Balaban J connectivity index is 2.07. The van der Waals surface area contributed by atoms with Gasteiger partial charge < -0.3 is 4.57 Å². The fourth-order valence-electron chi connectivity index (χ4n) is 3.32. The third-order valence-corrected chi connectivity index (χ3v) is 4.37. The average Bonchev–Trinajstić information content (AvgIpc) is 2.88. The largest absolute Gasteiger partial charge is 0.341 e. The summed E-state index contributed by atoms with van der Waals surface area (Å²) in [5, 5.41) is 0. The zero-order valence-electron chi connectivity index (χ0n) is 12.0. The van der Waals surface area contributed by atoms with Crippen molar-refractivity contribution in [1.82, 2.24) is 4.57 Å². The van der Waals surface area contributed by atoms with Crippen LogP contribution in [0.2, 0.25) is 0 Å². The molecule has 0 fully saturated rings. The summed E-state index contributed by atoms with van der Waals surface area (Å²) in [6.45, 7) is 4.58. The second-order valence-corrected chi connectivity index (χ2v) is 5.61. The lowest BCUT2D eigenvalue weighted by Gasteiger charge is -2.29. The summed E-state index contributed by atoms with van der Waals surface area (Å²) >= 11 is 0. The number of benzene rings is 1. The molecule has 1 aliphatic rings. The molecule has 3 rings (SSSR count). The Hall–Kier alpha value is -1.50. The fraction of sp³-hybridized carbons (Fsp3) is 0.444. The summed E-state index contributed by atoms with van der Waals surface area (Å²) in [5.74, 6) is 0. The van der Waals surface area contributed by atoms with E-state index in [1.807, 2.05) is 0 Å². The van der Waals surface area contributed by atoms with Gasteiger partial charge in [-0.25, -0.2) is 0 Å². The first-order chi connectivity index (χ1) is 9.35. The molecular formula is C18H23N. The molecule has 1 heteroatoms. The Morgan fingerprint density at radius 1 is 1.11 bits per heavy atom. The molecule has 0 aliphatic carbocycles. The lowest BCUT2D eigenvalue weighted by Crippen LogP contribution is -2.19. The second kappa shape index (κ2) is 5.24. The topological polar surface area (TPSA) is 4.93 Å². The number of nitrogens with zero attached hydrogens (tertiary/aromatic N) is 1. The summed E-state index contributed by atoms with van der Waals surface area (Å²) < 4.78 is 2.61. The molecule has 0 N–H and O–H groups in total. The third-order valence-electron chi connectivity index (χ3n) is 4.37. The molecule has 1 nitrogen and oxygen atoms in total. The van der Waals surface area contributed by atoms with Crippen LogP contribution in [0.15, 0.2) is 36.4 Å². The van der Waals surface area contributed by atoms with E-state index in [4.69, 9.17) is 0 Å². The quantitative estimate of drug-likeness (QED) is 0.722. The van der Waals surface area contributed by atoms with Gasteiger partial charge in [0.05, 0.1) is 0 Å². The van der Waals surface area contributed by atoms with Crippen LogP contribution in [-0.2, 0) is 12.8 Å². The summed E-state index contributed by atoms with van der Waals surface area (Å²) in [7, 11) is 0. The Bertz CT molecular complexity index is 565. The summed E-state index contributed by atoms with van der Waals surface area (Å²) in [4.78, 5) is 0. The summed E-state index contributed by atoms with van der Waals surface area (Å²) in [6, 6.07) is 14.2. The van der Waals surface area contributed by atoms with Crippen LogP contribution in [0.4, 0.5) is 0 Å². The Morgan fingerprint density at radius 3 is 2.74 bits per heavy atom. The minimum Gasteiger partial charge on any atom is -0.341 e. The Kier molecular flexibility index (Phi) is 3.46. The molecule has 1 aromatic heterocycles. The van der Waals surface area contributed by atoms with E-state index in [0.717, 1.165) is 0 Å². The van der Waals surface area contributed by atoms with Crippen molar-refractivity contribution in [3.63, 3.8) is 0 Å². The molecule has 1 atom stereocenters. The van der Waals surface area contributed by atoms with E-state index in [-0.39, 0.29) is 0 Å². The van der Waals surface area contributed by atoms with E-state index in [2.05, 4.69) is 54.8 Å². The molecule has 1 aliphatic heterocycles. The zero-order chi connectivity index (χ0) is 13.2. The van der Waals surface area contributed by atoms with Crippen LogP contribution >= 0.6 is 0 Å². The van der Waals surface area contributed by atoms with E-state index in [9.17, 15) is 0 Å². The predicted octanol–water partition coefficient (Wildman–Crippen LogP) is 5.00. The predicted molar refractivity (Wildman–Crippen MR) is 81.5 cm³/mol. The van der Waals surface area contributed by atoms with Gasteiger partial charge in [0.25, 0.3) is 0 Å². The van der Waals surface area contributed by atoms with Gasteiger partial charge in [-0.3, -0.25) is 0 Å².